The fraction of sp³-hybridized carbons (Fsp3) is 0.458. The lowest BCUT2D eigenvalue weighted by Crippen LogP contribution is -2.38. The minimum atomic E-state index is -0.509. The number of fused-ring (bicyclic) bond motifs is 1. The number of aliphatic hydroxyl groups excluding tert-OH is 1. The van der Waals surface area contributed by atoms with Crippen LogP contribution in [0.5, 0.6) is 0 Å². The van der Waals surface area contributed by atoms with Crippen molar-refractivity contribution in [3.63, 3.8) is 0 Å². The van der Waals surface area contributed by atoms with Gasteiger partial charge in [0.25, 0.3) is 0 Å². The van der Waals surface area contributed by atoms with Crippen LogP contribution in [0.4, 0.5) is 5.95 Å². The van der Waals surface area contributed by atoms with E-state index in [1.54, 1.807) is 0 Å². The van der Waals surface area contributed by atoms with E-state index in [1.165, 1.54) is 29.1 Å². The van der Waals surface area contributed by atoms with Crippen molar-refractivity contribution in [1.29, 1.82) is 0 Å². The second-order valence-corrected chi connectivity index (χ2v) is 8.39. The highest BCUT2D eigenvalue weighted by Crippen LogP contribution is 2.29. The lowest BCUT2D eigenvalue weighted by atomic mass is 9.96. The van der Waals surface area contributed by atoms with Crippen LogP contribution in [0.3, 0.4) is 0 Å². The van der Waals surface area contributed by atoms with Gasteiger partial charge >= 0.3 is 0 Å². The standard InChI is InChI=1S/C24H30N4O2/c1-27(11-10-20-7-6-19-4-2-3-5-22(19)20)16-18-8-12-28(13-9-18)24-25-14-21(15-26-24)23(30)17-29/h2-5,7,14-15,18,29H,6,8-13,16-17H2,1H3. The second kappa shape index (κ2) is 9.49. The molecule has 6 heteroatoms. The van der Waals surface area contributed by atoms with Crippen molar-refractivity contribution < 1.29 is 9.90 Å². The lowest BCUT2D eigenvalue weighted by Gasteiger charge is -2.34. The van der Waals surface area contributed by atoms with Gasteiger partial charge in [0.15, 0.2) is 5.78 Å². The molecule has 0 amide bonds. The molecule has 2 aliphatic rings. The van der Waals surface area contributed by atoms with Crippen LogP contribution in [0.25, 0.3) is 5.57 Å². The van der Waals surface area contributed by atoms with Gasteiger partial charge in [-0.15, -0.1) is 0 Å². The number of benzene rings is 1. The molecule has 1 aliphatic heterocycles. The molecule has 0 spiro atoms. The van der Waals surface area contributed by atoms with Crippen LogP contribution in [-0.4, -0.2) is 65.6 Å². The Bertz CT molecular complexity index is 902. The Kier molecular flexibility index (Phi) is 6.55. The number of rotatable bonds is 8. The van der Waals surface area contributed by atoms with Crippen LogP contribution in [0, 0.1) is 5.92 Å². The Morgan fingerprint density at radius 1 is 1.20 bits per heavy atom. The molecule has 1 N–H and O–H groups in total. The summed E-state index contributed by atoms with van der Waals surface area (Å²) in [6.07, 6.45) is 9.83. The summed E-state index contributed by atoms with van der Waals surface area (Å²) in [7, 11) is 2.23. The van der Waals surface area contributed by atoms with Gasteiger partial charge in [-0.3, -0.25) is 4.79 Å². The van der Waals surface area contributed by atoms with Crippen molar-refractivity contribution in [2.24, 2.45) is 5.92 Å². The van der Waals surface area contributed by atoms with Crippen LogP contribution >= 0.6 is 0 Å². The molecule has 0 radical (unpaired) electrons. The van der Waals surface area contributed by atoms with Gasteiger partial charge in [-0.1, -0.05) is 30.3 Å². The number of carbonyl (C=O) groups is 1. The summed E-state index contributed by atoms with van der Waals surface area (Å²) in [6.45, 7) is 3.57. The highest BCUT2D eigenvalue weighted by Gasteiger charge is 2.22. The molecule has 158 valence electrons. The van der Waals surface area contributed by atoms with E-state index >= 15 is 0 Å². The minimum absolute atomic E-state index is 0.347. The number of ketones is 1. The zero-order valence-corrected chi connectivity index (χ0v) is 17.6. The first-order valence-electron chi connectivity index (χ1n) is 10.8. The number of aromatic nitrogens is 2. The van der Waals surface area contributed by atoms with Crippen molar-refractivity contribution in [3.05, 3.63) is 59.4 Å². The molecule has 2 heterocycles. The van der Waals surface area contributed by atoms with Crippen LogP contribution in [0.1, 0.15) is 40.7 Å². The van der Waals surface area contributed by atoms with Crippen molar-refractivity contribution >= 4 is 17.3 Å². The van der Waals surface area contributed by atoms with E-state index in [4.69, 9.17) is 5.11 Å². The third-order valence-electron chi connectivity index (χ3n) is 6.27. The van der Waals surface area contributed by atoms with Crippen LogP contribution in [-0.2, 0) is 6.42 Å². The summed E-state index contributed by atoms with van der Waals surface area (Å²) < 4.78 is 0. The maximum Gasteiger partial charge on any atom is 0.225 e. The predicted octanol–water partition coefficient (Wildman–Crippen LogP) is 2.83. The van der Waals surface area contributed by atoms with Crippen molar-refractivity contribution in [2.45, 2.75) is 25.7 Å². The molecular formula is C24H30N4O2. The number of nitrogens with zero attached hydrogens (tertiary/aromatic N) is 4. The highest BCUT2D eigenvalue weighted by molar-refractivity contribution is 5.96. The average molecular weight is 407 g/mol. The summed E-state index contributed by atoms with van der Waals surface area (Å²) in [5.74, 6) is 1.01. The molecule has 30 heavy (non-hydrogen) atoms. The first-order valence-corrected chi connectivity index (χ1v) is 10.8. The fourth-order valence-electron chi connectivity index (χ4n) is 4.47. The topological polar surface area (TPSA) is 69.6 Å². The number of anilines is 1. The van der Waals surface area contributed by atoms with Gasteiger partial charge < -0.3 is 14.9 Å². The highest BCUT2D eigenvalue weighted by atomic mass is 16.3. The molecule has 0 bridgehead atoms. The number of hydrogen-bond acceptors (Lipinski definition) is 6. The van der Waals surface area contributed by atoms with Crippen LogP contribution in [0.2, 0.25) is 0 Å². The molecule has 1 aliphatic carbocycles. The van der Waals surface area contributed by atoms with E-state index in [2.05, 4.69) is 57.2 Å². The van der Waals surface area contributed by atoms with Gasteiger partial charge in [-0.25, -0.2) is 9.97 Å². The zero-order valence-electron chi connectivity index (χ0n) is 17.6. The normalized spacial score (nSPS) is 16.6. The molecule has 0 atom stereocenters. The number of aliphatic hydroxyl groups is 1. The predicted molar refractivity (Wildman–Crippen MR) is 119 cm³/mol. The number of piperidine rings is 1. The SMILES string of the molecule is CN(CCC1=CCc2ccccc21)CC1CCN(c2ncc(C(=O)CO)cn2)CC1. The van der Waals surface area contributed by atoms with Gasteiger partial charge in [0, 0.05) is 38.6 Å². The molecule has 0 unspecified atom stereocenters. The Hall–Kier alpha value is -2.57. The largest absolute Gasteiger partial charge is 0.388 e. The monoisotopic (exact) mass is 406 g/mol. The molecule has 4 rings (SSSR count). The minimum Gasteiger partial charge on any atom is -0.388 e. The molecule has 0 saturated carbocycles. The fourth-order valence-corrected chi connectivity index (χ4v) is 4.47. The molecule has 1 saturated heterocycles. The number of carbonyl (C=O) groups excluding carboxylic acids is 1. The maximum atomic E-state index is 11.5. The molecular weight excluding hydrogens is 376 g/mol. The van der Waals surface area contributed by atoms with E-state index in [9.17, 15) is 4.79 Å². The maximum absolute atomic E-state index is 11.5. The summed E-state index contributed by atoms with van der Waals surface area (Å²) >= 11 is 0. The van der Waals surface area contributed by atoms with E-state index < -0.39 is 6.61 Å². The smallest absolute Gasteiger partial charge is 0.225 e. The first kappa shape index (κ1) is 20.7. The van der Waals surface area contributed by atoms with Crippen molar-refractivity contribution in [3.8, 4) is 0 Å². The third-order valence-corrected chi connectivity index (χ3v) is 6.27. The Morgan fingerprint density at radius 2 is 1.93 bits per heavy atom. The summed E-state index contributed by atoms with van der Waals surface area (Å²) in [5.41, 5.74) is 4.75. The average Bonchev–Trinajstić information content (AvgIpc) is 3.21. The number of hydrogen-bond donors (Lipinski definition) is 1. The first-order chi connectivity index (χ1) is 14.6. The van der Waals surface area contributed by atoms with Crippen LogP contribution < -0.4 is 4.90 Å². The number of allylic oxidation sites excluding steroid dienone is 1. The quantitative estimate of drug-likeness (QED) is 0.680. The van der Waals surface area contributed by atoms with Gasteiger partial charge in [0.1, 0.15) is 6.61 Å². The van der Waals surface area contributed by atoms with Gasteiger partial charge in [-0.2, -0.15) is 0 Å². The summed E-state index contributed by atoms with van der Waals surface area (Å²) in [4.78, 5) is 24.8. The zero-order chi connectivity index (χ0) is 20.9. The van der Waals surface area contributed by atoms with Crippen molar-refractivity contribution in [2.75, 3.05) is 44.7 Å². The Balaban J connectivity index is 1.21. The molecule has 2 aromatic rings. The Morgan fingerprint density at radius 3 is 2.67 bits per heavy atom. The van der Waals surface area contributed by atoms with E-state index in [-0.39, 0.29) is 5.78 Å². The molecule has 1 aromatic heterocycles. The molecule has 1 fully saturated rings. The van der Waals surface area contributed by atoms with Gasteiger partial charge in [0.05, 0.1) is 5.56 Å². The second-order valence-electron chi connectivity index (χ2n) is 8.39. The van der Waals surface area contributed by atoms with Gasteiger partial charge in [-0.05, 0) is 55.3 Å². The summed E-state index contributed by atoms with van der Waals surface area (Å²) in [5, 5.41) is 8.93. The van der Waals surface area contributed by atoms with E-state index in [0.717, 1.165) is 51.9 Å². The molecule has 1 aromatic carbocycles. The summed E-state index contributed by atoms with van der Waals surface area (Å²) in [6, 6.07) is 8.75. The van der Waals surface area contributed by atoms with Crippen molar-refractivity contribution in [1.82, 2.24) is 14.9 Å². The molecule has 6 nitrogen and oxygen atoms in total. The third kappa shape index (κ3) is 4.77. The lowest BCUT2D eigenvalue weighted by molar-refractivity contribution is 0.0903. The van der Waals surface area contributed by atoms with Crippen LogP contribution in [0.15, 0.2) is 42.7 Å². The van der Waals surface area contributed by atoms with E-state index in [1.807, 2.05) is 0 Å². The Labute approximate surface area is 178 Å². The van der Waals surface area contributed by atoms with Gasteiger partial charge in [0.2, 0.25) is 5.95 Å². The van der Waals surface area contributed by atoms with E-state index in [0.29, 0.717) is 17.4 Å². The number of Topliss-reactive ketones (excluding diaryl/α,β-unsaturated/α-hetero) is 1.